The van der Waals surface area contributed by atoms with Crippen LogP contribution < -0.4 is 10.6 Å². The molecule has 25 heavy (non-hydrogen) atoms. The Morgan fingerprint density at radius 2 is 1.92 bits per heavy atom. The molecule has 0 aliphatic heterocycles. The number of amides is 2. The zero-order chi connectivity index (χ0) is 18.2. The number of carbonyl (C=O) groups is 2. The lowest BCUT2D eigenvalue weighted by molar-refractivity contribution is -0.121. The molecule has 6 nitrogen and oxygen atoms in total. The van der Waals surface area contributed by atoms with Gasteiger partial charge in [0.25, 0.3) is 0 Å². The number of aromatic nitrogens is 1. The van der Waals surface area contributed by atoms with Gasteiger partial charge in [-0.25, -0.2) is 4.98 Å². The van der Waals surface area contributed by atoms with E-state index in [1.807, 2.05) is 12.1 Å². The molecule has 7 heteroatoms. The van der Waals surface area contributed by atoms with Crippen LogP contribution in [-0.4, -0.2) is 29.9 Å². The molecule has 0 fully saturated rings. The first kappa shape index (κ1) is 19.0. The van der Waals surface area contributed by atoms with E-state index in [2.05, 4.69) is 15.6 Å². The average molecular weight is 364 g/mol. The van der Waals surface area contributed by atoms with Crippen molar-refractivity contribution >= 4 is 23.4 Å². The van der Waals surface area contributed by atoms with Crippen molar-refractivity contribution in [3.63, 3.8) is 0 Å². The van der Waals surface area contributed by atoms with Gasteiger partial charge in [-0.05, 0) is 38.0 Å². The summed E-state index contributed by atoms with van der Waals surface area (Å²) in [4.78, 5) is 27.2. The molecule has 134 valence electrons. The molecule has 0 saturated heterocycles. The van der Waals surface area contributed by atoms with Gasteiger partial charge in [0.05, 0.1) is 12.1 Å². The largest absolute Gasteiger partial charge is 0.441 e. The zero-order valence-corrected chi connectivity index (χ0v) is 15.2. The molecule has 2 N–H and O–H groups in total. The average Bonchev–Trinajstić information content (AvgIpc) is 2.91. The van der Waals surface area contributed by atoms with Gasteiger partial charge < -0.3 is 15.1 Å². The maximum absolute atomic E-state index is 12.0. The molecule has 0 bridgehead atoms. The molecule has 1 heterocycles. The number of halogens is 1. The highest BCUT2D eigenvalue weighted by atomic mass is 35.5. The van der Waals surface area contributed by atoms with Gasteiger partial charge in [-0.3, -0.25) is 9.59 Å². The molecule has 0 unspecified atom stereocenters. The van der Waals surface area contributed by atoms with E-state index in [1.54, 1.807) is 19.1 Å². The van der Waals surface area contributed by atoms with Crippen molar-refractivity contribution in [2.45, 2.75) is 33.1 Å². The van der Waals surface area contributed by atoms with E-state index in [0.717, 1.165) is 18.4 Å². The molecule has 0 atom stereocenters. The number of carbonyl (C=O) groups excluding carboxylic acids is 2. The van der Waals surface area contributed by atoms with Crippen LogP contribution in [0.15, 0.2) is 28.7 Å². The number of rotatable bonds is 8. The molecule has 1 aromatic carbocycles. The third-order valence-electron chi connectivity index (χ3n) is 3.59. The Morgan fingerprint density at radius 1 is 1.20 bits per heavy atom. The normalized spacial score (nSPS) is 10.5. The van der Waals surface area contributed by atoms with E-state index in [1.165, 1.54) is 6.92 Å². The first-order chi connectivity index (χ1) is 12.0. The van der Waals surface area contributed by atoms with Crippen LogP contribution >= 0.6 is 11.6 Å². The van der Waals surface area contributed by atoms with Crippen LogP contribution in [0.3, 0.4) is 0 Å². The number of nitrogens with zero attached hydrogens (tertiary/aromatic N) is 1. The lowest BCUT2D eigenvalue weighted by Crippen LogP contribution is -2.27. The Kier molecular flexibility index (Phi) is 7.01. The molecule has 0 aliphatic rings. The fourth-order valence-electron chi connectivity index (χ4n) is 2.29. The van der Waals surface area contributed by atoms with Crippen LogP contribution in [0.2, 0.25) is 5.02 Å². The molecule has 0 spiro atoms. The molecule has 1 aromatic heterocycles. The first-order valence-corrected chi connectivity index (χ1v) is 8.57. The molecule has 0 saturated carbocycles. The highest BCUT2D eigenvalue weighted by molar-refractivity contribution is 6.30. The third kappa shape index (κ3) is 6.23. The summed E-state index contributed by atoms with van der Waals surface area (Å²) in [6.07, 6.45) is 1.79. The predicted molar refractivity (Wildman–Crippen MR) is 96.3 cm³/mol. The summed E-state index contributed by atoms with van der Waals surface area (Å²) >= 11 is 5.98. The second-order valence-electron chi connectivity index (χ2n) is 5.75. The van der Waals surface area contributed by atoms with Crippen LogP contribution in [0.4, 0.5) is 0 Å². The Morgan fingerprint density at radius 3 is 2.60 bits per heavy atom. The molecular weight excluding hydrogens is 342 g/mol. The minimum absolute atomic E-state index is 0.0407. The lowest BCUT2D eigenvalue weighted by atomic mass is 10.2. The van der Waals surface area contributed by atoms with Crippen LogP contribution in [0.1, 0.15) is 31.2 Å². The molecule has 0 aliphatic carbocycles. The molecule has 2 rings (SSSR count). The third-order valence-corrected chi connectivity index (χ3v) is 3.83. The van der Waals surface area contributed by atoms with Crippen molar-refractivity contribution in [3.05, 3.63) is 40.7 Å². The van der Waals surface area contributed by atoms with Crippen molar-refractivity contribution in [1.29, 1.82) is 0 Å². The Bertz CT molecular complexity index is 743. The minimum Gasteiger partial charge on any atom is -0.441 e. The monoisotopic (exact) mass is 363 g/mol. The van der Waals surface area contributed by atoms with Gasteiger partial charge in [-0.15, -0.1) is 0 Å². The number of unbranched alkanes of at least 4 members (excludes halogenated alkanes) is 1. The van der Waals surface area contributed by atoms with Gasteiger partial charge >= 0.3 is 0 Å². The summed E-state index contributed by atoms with van der Waals surface area (Å²) in [5, 5.41) is 6.17. The van der Waals surface area contributed by atoms with Crippen molar-refractivity contribution in [2.24, 2.45) is 0 Å². The van der Waals surface area contributed by atoms with Crippen LogP contribution in [-0.2, 0) is 16.0 Å². The number of aryl methyl sites for hydroxylation is 1. The second-order valence-corrected chi connectivity index (χ2v) is 6.19. The van der Waals surface area contributed by atoms with E-state index in [-0.39, 0.29) is 18.2 Å². The number of nitrogens with one attached hydrogen (secondary N) is 2. The lowest BCUT2D eigenvalue weighted by Gasteiger charge is -2.04. The summed E-state index contributed by atoms with van der Waals surface area (Å²) in [6, 6.07) is 7.23. The number of oxazole rings is 1. The van der Waals surface area contributed by atoms with E-state index in [9.17, 15) is 9.59 Å². The SMILES string of the molecule is CC(=O)NCCCCNC(=O)Cc1nc(-c2cccc(Cl)c2)oc1C. The van der Waals surface area contributed by atoms with E-state index in [4.69, 9.17) is 16.0 Å². The van der Waals surface area contributed by atoms with Gasteiger partial charge in [0.1, 0.15) is 5.76 Å². The fraction of sp³-hybridized carbons (Fsp3) is 0.389. The van der Waals surface area contributed by atoms with Gasteiger partial charge in [0.15, 0.2) is 0 Å². The van der Waals surface area contributed by atoms with Gasteiger partial charge in [-0.2, -0.15) is 0 Å². The fourth-order valence-corrected chi connectivity index (χ4v) is 2.48. The van der Waals surface area contributed by atoms with Crippen LogP contribution in [0, 0.1) is 6.92 Å². The minimum atomic E-state index is -0.103. The van der Waals surface area contributed by atoms with E-state index < -0.39 is 0 Å². The van der Waals surface area contributed by atoms with Crippen molar-refractivity contribution in [2.75, 3.05) is 13.1 Å². The maximum Gasteiger partial charge on any atom is 0.226 e. The number of hydrogen-bond acceptors (Lipinski definition) is 4. The topological polar surface area (TPSA) is 84.2 Å². The standard InChI is InChI=1S/C18H22ClN3O3/c1-12-16(11-17(24)21-9-4-3-8-20-13(2)23)22-18(25-12)14-6-5-7-15(19)10-14/h5-7,10H,3-4,8-9,11H2,1-2H3,(H,20,23)(H,21,24). The first-order valence-electron chi connectivity index (χ1n) is 8.19. The quantitative estimate of drug-likeness (QED) is 0.706. The van der Waals surface area contributed by atoms with Crippen LogP contribution in [0.25, 0.3) is 11.5 Å². The predicted octanol–water partition coefficient (Wildman–Crippen LogP) is 2.88. The van der Waals surface area contributed by atoms with Crippen LogP contribution in [0.5, 0.6) is 0 Å². The highest BCUT2D eigenvalue weighted by Crippen LogP contribution is 2.24. The van der Waals surface area contributed by atoms with Crippen molar-refractivity contribution < 1.29 is 14.0 Å². The Hall–Kier alpha value is -2.34. The van der Waals surface area contributed by atoms with Gasteiger partial charge in [-0.1, -0.05) is 17.7 Å². The van der Waals surface area contributed by atoms with Crippen molar-refractivity contribution in [1.82, 2.24) is 15.6 Å². The van der Waals surface area contributed by atoms with E-state index >= 15 is 0 Å². The maximum atomic E-state index is 12.0. The summed E-state index contributed by atoms with van der Waals surface area (Å²) in [7, 11) is 0. The summed E-state index contributed by atoms with van der Waals surface area (Å²) in [6.45, 7) is 4.46. The smallest absolute Gasteiger partial charge is 0.226 e. The molecule has 2 amide bonds. The summed E-state index contributed by atoms with van der Waals surface area (Å²) in [5.41, 5.74) is 1.39. The molecule has 2 aromatic rings. The summed E-state index contributed by atoms with van der Waals surface area (Å²) in [5.74, 6) is 0.934. The zero-order valence-electron chi connectivity index (χ0n) is 14.4. The Balaban J connectivity index is 1.82. The van der Waals surface area contributed by atoms with E-state index in [0.29, 0.717) is 35.5 Å². The highest BCUT2D eigenvalue weighted by Gasteiger charge is 2.14. The number of benzene rings is 1. The van der Waals surface area contributed by atoms with Gasteiger partial charge in [0, 0.05) is 30.6 Å². The molecule has 0 radical (unpaired) electrons. The Labute approximate surface area is 152 Å². The molecular formula is C18H22ClN3O3. The summed E-state index contributed by atoms with van der Waals surface area (Å²) < 4.78 is 5.65. The second kappa shape index (κ2) is 9.22. The van der Waals surface area contributed by atoms with Crippen molar-refractivity contribution in [3.8, 4) is 11.5 Å². The number of hydrogen-bond donors (Lipinski definition) is 2. The van der Waals surface area contributed by atoms with Gasteiger partial charge in [0.2, 0.25) is 17.7 Å².